The van der Waals surface area contributed by atoms with E-state index < -0.39 is 17.9 Å². The number of amides is 1. The smallest absolute Gasteiger partial charge is 0.350 e. The fraction of sp³-hybridized carbons (Fsp3) is 0.308. The first-order valence-electron chi connectivity index (χ1n) is 6.15. The summed E-state index contributed by atoms with van der Waals surface area (Å²) >= 11 is 1.22. The van der Waals surface area contributed by atoms with E-state index in [1.165, 1.54) is 24.6 Å². The van der Waals surface area contributed by atoms with Crippen molar-refractivity contribution in [3.05, 3.63) is 33.8 Å². The van der Waals surface area contributed by atoms with Gasteiger partial charge in [-0.1, -0.05) is 0 Å². The molecule has 1 amide bonds. The number of carbonyl (C=O) groups is 2. The largest absolute Gasteiger partial charge is 0.465 e. The molecule has 0 aliphatic rings. The molecular formula is C13H16N4O3S. The summed E-state index contributed by atoms with van der Waals surface area (Å²) in [5.74, 6) is -0.895. The molecule has 0 radical (unpaired) electrons. The van der Waals surface area contributed by atoms with Gasteiger partial charge >= 0.3 is 5.97 Å². The van der Waals surface area contributed by atoms with Gasteiger partial charge in [-0.05, 0) is 17.9 Å². The molecule has 0 saturated heterocycles. The number of methoxy groups -OCH3 is 1. The van der Waals surface area contributed by atoms with Gasteiger partial charge in [-0.15, -0.1) is 11.3 Å². The second-order valence-electron chi connectivity index (χ2n) is 4.53. The molecule has 2 aromatic heterocycles. The van der Waals surface area contributed by atoms with Crippen molar-refractivity contribution in [2.45, 2.75) is 13.0 Å². The lowest BCUT2D eigenvalue weighted by Gasteiger charge is -2.11. The summed E-state index contributed by atoms with van der Waals surface area (Å²) in [7, 11) is 3.04. The molecule has 112 valence electrons. The number of ether oxygens (including phenoxy) is 1. The number of aromatic nitrogens is 2. The fourth-order valence-electron chi connectivity index (χ4n) is 1.80. The highest BCUT2D eigenvalue weighted by Crippen LogP contribution is 2.29. The summed E-state index contributed by atoms with van der Waals surface area (Å²) in [5, 5.41) is 8.44. The van der Waals surface area contributed by atoms with Crippen LogP contribution < -0.4 is 11.1 Å². The summed E-state index contributed by atoms with van der Waals surface area (Å²) in [6, 6.07) is -0.858. The van der Waals surface area contributed by atoms with Gasteiger partial charge in [-0.25, -0.2) is 4.79 Å². The van der Waals surface area contributed by atoms with Crippen LogP contribution in [0, 0.1) is 6.92 Å². The van der Waals surface area contributed by atoms with Crippen LogP contribution in [0.1, 0.15) is 26.8 Å². The van der Waals surface area contributed by atoms with Gasteiger partial charge in [0.15, 0.2) is 0 Å². The zero-order chi connectivity index (χ0) is 15.6. The van der Waals surface area contributed by atoms with Crippen LogP contribution in [0.4, 0.5) is 5.69 Å². The second kappa shape index (κ2) is 6.06. The predicted molar refractivity (Wildman–Crippen MR) is 79.2 cm³/mol. The summed E-state index contributed by atoms with van der Waals surface area (Å²) in [6.07, 6.45) is 3.21. The summed E-state index contributed by atoms with van der Waals surface area (Å²) in [5.41, 5.74) is 7.72. The van der Waals surface area contributed by atoms with Crippen LogP contribution in [0.25, 0.3) is 0 Å². The molecule has 0 aliphatic heterocycles. The number of nitrogens with two attached hydrogens (primary N) is 1. The van der Waals surface area contributed by atoms with E-state index in [1.54, 1.807) is 30.2 Å². The molecule has 0 spiro atoms. The number of anilines is 1. The maximum absolute atomic E-state index is 12.2. The third-order valence-corrected chi connectivity index (χ3v) is 4.04. The monoisotopic (exact) mass is 308 g/mol. The van der Waals surface area contributed by atoms with Gasteiger partial charge in [-0.3, -0.25) is 9.48 Å². The van der Waals surface area contributed by atoms with Crippen molar-refractivity contribution in [2.75, 3.05) is 12.4 Å². The standard InChI is InChI=1S/C13H16N4O3S/c1-7-6-21-11(13(19)20-3)10(7)16-12(18)9(14)8-4-15-17(2)5-8/h4-6,9H,14H2,1-3H3,(H,16,18). The Morgan fingerprint density at radius 2 is 2.24 bits per heavy atom. The molecule has 1 atom stereocenters. The van der Waals surface area contributed by atoms with Crippen LogP contribution in [0.5, 0.6) is 0 Å². The maximum Gasteiger partial charge on any atom is 0.350 e. The van der Waals surface area contributed by atoms with Crippen molar-refractivity contribution < 1.29 is 14.3 Å². The predicted octanol–water partition coefficient (Wildman–Crippen LogP) is 1.22. The summed E-state index contributed by atoms with van der Waals surface area (Å²) in [6.45, 7) is 1.80. The van der Waals surface area contributed by atoms with Crippen LogP contribution in [0.2, 0.25) is 0 Å². The molecule has 21 heavy (non-hydrogen) atoms. The number of nitrogens with one attached hydrogen (secondary N) is 1. The van der Waals surface area contributed by atoms with Gasteiger partial charge in [0.25, 0.3) is 0 Å². The van der Waals surface area contributed by atoms with E-state index in [2.05, 4.69) is 10.4 Å². The van der Waals surface area contributed by atoms with Crippen molar-refractivity contribution in [1.82, 2.24) is 9.78 Å². The molecule has 0 saturated carbocycles. The van der Waals surface area contributed by atoms with Gasteiger partial charge in [0.2, 0.25) is 5.91 Å². The number of nitrogens with zero attached hydrogens (tertiary/aromatic N) is 2. The second-order valence-corrected chi connectivity index (χ2v) is 5.41. The molecule has 8 heteroatoms. The number of rotatable bonds is 4. The minimum absolute atomic E-state index is 0.349. The van der Waals surface area contributed by atoms with Gasteiger partial charge in [0.1, 0.15) is 10.9 Å². The lowest BCUT2D eigenvalue weighted by atomic mass is 10.1. The number of hydrogen-bond donors (Lipinski definition) is 2. The van der Waals surface area contributed by atoms with Crippen LogP contribution in [0.3, 0.4) is 0 Å². The third kappa shape index (κ3) is 3.11. The van der Waals surface area contributed by atoms with Crippen molar-refractivity contribution in [2.24, 2.45) is 12.8 Å². The first-order chi connectivity index (χ1) is 9.93. The Morgan fingerprint density at radius 1 is 1.52 bits per heavy atom. The number of carbonyl (C=O) groups excluding carboxylic acids is 2. The Hall–Kier alpha value is -2.19. The highest BCUT2D eigenvalue weighted by Gasteiger charge is 2.22. The van der Waals surface area contributed by atoms with E-state index in [0.29, 0.717) is 16.1 Å². The van der Waals surface area contributed by atoms with Crippen molar-refractivity contribution in [3.63, 3.8) is 0 Å². The summed E-state index contributed by atoms with van der Waals surface area (Å²) < 4.78 is 6.26. The Morgan fingerprint density at radius 3 is 2.81 bits per heavy atom. The number of hydrogen-bond acceptors (Lipinski definition) is 6. The minimum Gasteiger partial charge on any atom is -0.465 e. The van der Waals surface area contributed by atoms with E-state index in [-0.39, 0.29) is 0 Å². The number of aryl methyl sites for hydroxylation is 2. The fourth-order valence-corrected chi connectivity index (χ4v) is 2.72. The molecule has 3 N–H and O–H groups in total. The van der Waals surface area contributed by atoms with E-state index in [4.69, 9.17) is 10.5 Å². The molecule has 0 aliphatic carbocycles. The first-order valence-corrected chi connectivity index (χ1v) is 7.03. The molecule has 2 heterocycles. The SMILES string of the molecule is COC(=O)c1scc(C)c1NC(=O)C(N)c1cnn(C)c1. The Bertz CT molecular complexity index is 677. The van der Waals surface area contributed by atoms with Gasteiger partial charge in [-0.2, -0.15) is 5.10 Å². The number of esters is 1. The molecule has 2 aromatic rings. The zero-order valence-electron chi connectivity index (χ0n) is 11.9. The first kappa shape index (κ1) is 15.2. The van der Waals surface area contributed by atoms with Crippen molar-refractivity contribution in [1.29, 1.82) is 0 Å². The summed E-state index contributed by atoms with van der Waals surface area (Å²) in [4.78, 5) is 24.2. The van der Waals surface area contributed by atoms with Gasteiger partial charge in [0.05, 0.1) is 19.0 Å². The molecule has 7 nitrogen and oxygen atoms in total. The third-order valence-electron chi connectivity index (χ3n) is 2.96. The highest BCUT2D eigenvalue weighted by molar-refractivity contribution is 7.12. The Kier molecular flexibility index (Phi) is 4.39. The topological polar surface area (TPSA) is 99.2 Å². The van der Waals surface area contributed by atoms with E-state index in [9.17, 15) is 9.59 Å². The minimum atomic E-state index is -0.858. The van der Waals surface area contributed by atoms with Crippen molar-refractivity contribution in [3.8, 4) is 0 Å². The van der Waals surface area contributed by atoms with E-state index in [0.717, 1.165) is 5.56 Å². The normalized spacial score (nSPS) is 12.0. The number of thiophene rings is 1. The lowest BCUT2D eigenvalue weighted by molar-refractivity contribution is -0.117. The molecular weight excluding hydrogens is 292 g/mol. The zero-order valence-corrected chi connectivity index (χ0v) is 12.7. The Labute approximate surface area is 125 Å². The molecule has 0 bridgehead atoms. The van der Waals surface area contributed by atoms with Gasteiger partial charge in [0, 0.05) is 18.8 Å². The van der Waals surface area contributed by atoms with Gasteiger partial charge < -0.3 is 15.8 Å². The average Bonchev–Trinajstić information content (AvgIpc) is 3.04. The molecule has 0 aromatic carbocycles. The quantitative estimate of drug-likeness (QED) is 0.827. The maximum atomic E-state index is 12.2. The average molecular weight is 308 g/mol. The van der Waals surface area contributed by atoms with Crippen LogP contribution in [0.15, 0.2) is 17.8 Å². The van der Waals surface area contributed by atoms with E-state index in [1.807, 2.05) is 0 Å². The van der Waals surface area contributed by atoms with Crippen LogP contribution >= 0.6 is 11.3 Å². The van der Waals surface area contributed by atoms with Crippen molar-refractivity contribution >= 4 is 28.9 Å². The molecule has 0 fully saturated rings. The van der Waals surface area contributed by atoms with E-state index >= 15 is 0 Å². The lowest BCUT2D eigenvalue weighted by Crippen LogP contribution is -2.28. The molecule has 2 rings (SSSR count). The van der Waals surface area contributed by atoms with Crippen LogP contribution in [-0.2, 0) is 16.6 Å². The van der Waals surface area contributed by atoms with Crippen LogP contribution in [-0.4, -0.2) is 28.8 Å². The molecule has 1 unspecified atom stereocenters. The Balaban J connectivity index is 2.20. The highest BCUT2D eigenvalue weighted by atomic mass is 32.1.